The molecule has 0 amide bonds. The van der Waals surface area contributed by atoms with Crippen molar-refractivity contribution >= 4 is 58.0 Å². The third-order valence-corrected chi connectivity index (χ3v) is 4.46. The third kappa shape index (κ3) is 3.71. The Balaban J connectivity index is 2.24. The maximum Gasteiger partial charge on any atom is 0.187 e. The highest BCUT2D eigenvalue weighted by atomic mass is 35.5. The van der Waals surface area contributed by atoms with Crippen molar-refractivity contribution in [1.29, 1.82) is 0 Å². The Labute approximate surface area is 147 Å². The van der Waals surface area contributed by atoms with Crippen molar-refractivity contribution < 1.29 is 9.59 Å². The molecular formula is C16H8Cl4O2. The molecule has 2 rings (SSSR count). The summed E-state index contributed by atoms with van der Waals surface area (Å²) >= 11 is 23.6. The molecule has 2 aromatic carbocycles. The van der Waals surface area contributed by atoms with E-state index in [1.807, 2.05) is 0 Å². The Kier molecular flexibility index (Phi) is 5.65. The molecule has 0 spiro atoms. The zero-order valence-corrected chi connectivity index (χ0v) is 14.0. The molecule has 112 valence electrons. The summed E-state index contributed by atoms with van der Waals surface area (Å²) in [6.45, 7) is 0. The van der Waals surface area contributed by atoms with Gasteiger partial charge in [0.15, 0.2) is 11.6 Å². The Morgan fingerprint density at radius 1 is 0.682 bits per heavy atom. The highest BCUT2D eigenvalue weighted by Gasteiger charge is 2.13. The van der Waals surface area contributed by atoms with Crippen molar-refractivity contribution in [1.82, 2.24) is 0 Å². The summed E-state index contributed by atoms with van der Waals surface area (Å²) in [5, 5.41) is 0.828. The van der Waals surface area contributed by atoms with Crippen molar-refractivity contribution in [3.63, 3.8) is 0 Å². The third-order valence-electron chi connectivity index (χ3n) is 2.82. The molecule has 22 heavy (non-hydrogen) atoms. The first kappa shape index (κ1) is 17.0. The van der Waals surface area contributed by atoms with Crippen LogP contribution >= 0.6 is 46.4 Å². The maximum absolute atomic E-state index is 12.1. The van der Waals surface area contributed by atoms with Crippen LogP contribution in [0.25, 0.3) is 0 Å². The van der Waals surface area contributed by atoms with E-state index >= 15 is 0 Å². The van der Waals surface area contributed by atoms with E-state index in [0.717, 1.165) is 12.2 Å². The van der Waals surface area contributed by atoms with E-state index in [2.05, 4.69) is 0 Å². The van der Waals surface area contributed by atoms with Gasteiger partial charge in [0.05, 0.1) is 20.1 Å². The lowest BCUT2D eigenvalue weighted by Crippen LogP contribution is -2.00. The molecule has 0 aromatic heterocycles. The first-order chi connectivity index (χ1) is 10.4. The molecule has 6 heteroatoms. The van der Waals surface area contributed by atoms with Gasteiger partial charge in [-0.2, -0.15) is 0 Å². The van der Waals surface area contributed by atoms with Crippen LogP contribution in [0.4, 0.5) is 0 Å². The molecule has 0 atom stereocenters. The summed E-state index contributed by atoms with van der Waals surface area (Å²) in [6.07, 6.45) is 2.24. The number of allylic oxidation sites excluding steroid dienone is 2. The van der Waals surface area contributed by atoms with Gasteiger partial charge in [0.2, 0.25) is 0 Å². The number of hydrogen-bond donors (Lipinski definition) is 0. The fraction of sp³-hybridized carbons (Fsp3) is 0. The number of halogens is 4. The zero-order chi connectivity index (χ0) is 16.3. The molecule has 0 aliphatic heterocycles. The van der Waals surface area contributed by atoms with E-state index in [9.17, 15) is 9.59 Å². The Morgan fingerprint density at radius 3 is 1.41 bits per heavy atom. The molecule has 2 aromatic rings. The van der Waals surface area contributed by atoms with Crippen molar-refractivity contribution in [2.75, 3.05) is 0 Å². The topological polar surface area (TPSA) is 34.1 Å². The van der Waals surface area contributed by atoms with Crippen LogP contribution in [0.15, 0.2) is 48.6 Å². The van der Waals surface area contributed by atoms with E-state index in [0.29, 0.717) is 0 Å². The molecule has 0 unspecified atom stereocenters. The lowest BCUT2D eigenvalue weighted by atomic mass is 10.1. The fourth-order valence-electron chi connectivity index (χ4n) is 1.72. The predicted octanol–water partition coefficient (Wildman–Crippen LogP) is 5.92. The normalized spacial score (nSPS) is 10.9. The predicted molar refractivity (Wildman–Crippen MR) is 90.7 cm³/mol. The minimum atomic E-state index is -0.431. The molecule has 0 aliphatic carbocycles. The Morgan fingerprint density at radius 2 is 1.05 bits per heavy atom. The minimum absolute atomic E-state index is 0.145. The molecule has 0 aliphatic rings. The molecule has 0 heterocycles. The van der Waals surface area contributed by atoms with Crippen LogP contribution in [0.1, 0.15) is 20.7 Å². The largest absolute Gasteiger partial charge is 0.289 e. The lowest BCUT2D eigenvalue weighted by molar-refractivity contribution is 0.102. The van der Waals surface area contributed by atoms with E-state index in [1.54, 1.807) is 24.3 Å². The van der Waals surface area contributed by atoms with Crippen LogP contribution in [-0.4, -0.2) is 11.6 Å². The lowest BCUT2D eigenvalue weighted by Gasteiger charge is -2.02. The maximum atomic E-state index is 12.1. The second-order valence-electron chi connectivity index (χ2n) is 4.26. The van der Waals surface area contributed by atoms with Gasteiger partial charge in [-0.3, -0.25) is 9.59 Å². The van der Waals surface area contributed by atoms with Gasteiger partial charge in [-0.05, 0) is 36.4 Å². The molecule has 0 bridgehead atoms. The highest BCUT2D eigenvalue weighted by molar-refractivity contribution is 6.45. The first-order valence-electron chi connectivity index (χ1n) is 6.06. The van der Waals surface area contributed by atoms with Gasteiger partial charge in [0.25, 0.3) is 0 Å². The summed E-state index contributed by atoms with van der Waals surface area (Å²) in [7, 11) is 0. The number of carbonyl (C=O) groups excluding carboxylic acids is 2. The highest BCUT2D eigenvalue weighted by Crippen LogP contribution is 2.27. The van der Waals surface area contributed by atoms with Crippen LogP contribution in [0, 0.1) is 0 Å². The Bertz CT molecular complexity index is 716. The number of ketones is 2. The summed E-state index contributed by atoms with van der Waals surface area (Å²) in [6, 6.07) is 9.40. The molecule has 0 N–H and O–H groups in total. The van der Waals surface area contributed by atoms with Crippen molar-refractivity contribution in [2.24, 2.45) is 0 Å². The van der Waals surface area contributed by atoms with Gasteiger partial charge >= 0.3 is 0 Å². The summed E-state index contributed by atoms with van der Waals surface area (Å²) in [4.78, 5) is 24.1. The van der Waals surface area contributed by atoms with Crippen molar-refractivity contribution in [2.45, 2.75) is 0 Å². The first-order valence-corrected chi connectivity index (χ1v) is 7.57. The van der Waals surface area contributed by atoms with E-state index in [4.69, 9.17) is 46.4 Å². The van der Waals surface area contributed by atoms with Crippen LogP contribution in [-0.2, 0) is 0 Å². The van der Waals surface area contributed by atoms with Gasteiger partial charge in [-0.25, -0.2) is 0 Å². The molecule has 2 nitrogen and oxygen atoms in total. The monoisotopic (exact) mass is 372 g/mol. The second kappa shape index (κ2) is 7.30. The summed E-state index contributed by atoms with van der Waals surface area (Å²) < 4.78 is 0. The number of carbonyl (C=O) groups is 2. The van der Waals surface area contributed by atoms with Crippen LogP contribution in [0.3, 0.4) is 0 Å². The molecule has 0 saturated carbocycles. The molecule has 0 saturated heterocycles. The van der Waals surface area contributed by atoms with Crippen LogP contribution in [0.2, 0.25) is 20.1 Å². The summed E-state index contributed by atoms with van der Waals surface area (Å²) in [5.41, 5.74) is 0.436. The smallest absolute Gasteiger partial charge is 0.187 e. The van der Waals surface area contributed by atoms with Gasteiger partial charge in [-0.15, -0.1) is 0 Å². The molecule has 0 fully saturated rings. The van der Waals surface area contributed by atoms with Gasteiger partial charge < -0.3 is 0 Å². The standard InChI is InChI=1S/C16H8Cl4O2/c17-11-5-1-3-9(15(11)19)13(21)7-8-14(22)10-4-2-6-12(18)16(10)20/h1-8H/b8-7-. The molecule has 0 radical (unpaired) electrons. The van der Waals surface area contributed by atoms with Gasteiger partial charge in [0, 0.05) is 11.1 Å². The zero-order valence-electron chi connectivity index (χ0n) is 10.9. The number of hydrogen-bond acceptors (Lipinski definition) is 2. The fourth-order valence-corrected chi connectivity index (χ4v) is 2.51. The SMILES string of the molecule is O=C(/C=C\C(=O)c1cccc(Cl)c1Cl)c1cccc(Cl)c1Cl. The summed E-state index contributed by atoms with van der Waals surface area (Å²) in [5.74, 6) is -0.863. The van der Waals surface area contributed by atoms with Gasteiger partial charge in [-0.1, -0.05) is 58.5 Å². The van der Waals surface area contributed by atoms with Crippen molar-refractivity contribution in [3.8, 4) is 0 Å². The van der Waals surface area contributed by atoms with E-state index < -0.39 is 11.6 Å². The number of rotatable bonds is 4. The van der Waals surface area contributed by atoms with Crippen LogP contribution in [0.5, 0.6) is 0 Å². The van der Waals surface area contributed by atoms with E-state index in [-0.39, 0.29) is 31.2 Å². The van der Waals surface area contributed by atoms with Crippen LogP contribution < -0.4 is 0 Å². The number of benzene rings is 2. The quantitative estimate of drug-likeness (QED) is 0.492. The molecular weight excluding hydrogens is 366 g/mol. The van der Waals surface area contributed by atoms with Gasteiger partial charge in [0.1, 0.15) is 0 Å². The average Bonchev–Trinajstić information content (AvgIpc) is 2.50. The van der Waals surface area contributed by atoms with E-state index in [1.165, 1.54) is 12.1 Å². The van der Waals surface area contributed by atoms with Crippen molar-refractivity contribution in [3.05, 3.63) is 79.8 Å². The second-order valence-corrected chi connectivity index (χ2v) is 5.83. The minimum Gasteiger partial charge on any atom is -0.289 e. The average molecular weight is 374 g/mol. The Hall–Kier alpha value is -1.32.